The molecule has 1 N–H and O–H groups in total. The number of anilines is 2. The maximum Gasteiger partial charge on any atom is 0.322 e. The molecule has 1 aromatic heterocycles. The normalized spacial score (nSPS) is 14.1. The quantitative estimate of drug-likeness (QED) is 0.685. The number of amides is 2. The van der Waals surface area contributed by atoms with E-state index in [1.807, 2.05) is 54.3 Å². The highest BCUT2D eigenvalue weighted by molar-refractivity contribution is 7.22. The fourth-order valence-electron chi connectivity index (χ4n) is 3.33. The molecule has 4 rings (SSSR count). The SMILES string of the molecule is CCOc1ccc2nc(N3CCN(C(=O)Nc4ccccc4OC)CC3)sc2c1. The Morgan fingerprint density at radius 1 is 1.17 bits per heavy atom. The van der Waals surface area contributed by atoms with E-state index in [0.29, 0.717) is 31.1 Å². The van der Waals surface area contributed by atoms with Crippen LogP contribution >= 0.6 is 11.3 Å². The van der Waals surface area contributed by atoms with E-state index in [9.17, 15) is 4.79 Å². The third-order valence-corrected chi connectivity index (χ3v) is 5.92. The van der Waals surface area contributed by atoms with Crippen LogP contribution in [0, 0.1) is 0 Å². The van der Waals surface area contributed by atoms with Crippen molar-refractivity contribution < 1.29 is 14.3 Å². The maximum absolute atomic E-state index is 12.6. The fourth-order valence-corrected chi connectivity index (χ4v) is 4.37. The molecule has 0 radical (unpaired) electrons. The molecule has 0 atom stereocenters. The average molecular weight is 413 g/mol. The number of carbonyl (C=O) groups is 1. The van der Waals surface area contributed by atoms with Crippen LogP contribution in [0.1, 0.15) is 6.92 Å². The summed E-state index contributed by atoms with van der Waals surface area (Å²) in [5.74, 6) is 1.52. The Morgan fingerprint density at radius 2 is 1.97 bits per heavy atom. The zero-order valence-electron chi connectivity index (χ0n) is 16.6. The number of piperazine rings is 1. The van der Waals surface area contributed by atoms with Gasteiger partial charge in [-0.15, -0.1) is 0 Å². The third-order valence-electron chi connectivity index (χ3n) is 4.85. The van der Waals surface area contributed by atoms with E-state index in [1.54, 1.807) is 18.4 Å². The molecule has 7 nitrogen and oxygen atoms in total. The lowest BCUT2D eigenvalue weighted by Gasteiger charge is -2.34. The Balaban J connectivity index is 1.39. The molecule has 0 spiro atoms. The molecule has 29 heavy (non-hydrogen) atoms. The molecular formula is C21H24N4O3S. The minimum Gasteiger partial charge on any atom is -0.495 e. The van der Waals surface area contributed by atoms with Crippen molar-refractivity contribution in [2.45, 2.75) is 6.92 Å². The van der Waals surface area contributed by atoms with Gasteiger partial charge in [0.2, 0.25) is 0 Å². The summed E-state index contributed by atoms with van der Waals surface area (Å²) in [7, 11) is 1.60. The summed E-state index contributed by atoms with van der Waals surface area (Å²) in [4.78, 5) is 21.4. The first-order valence-corrected chi connectivity index (χ1v) is 10.5. The topological polar surface area (TPSA) is 66.9 Å². The van der Waals surface area contributed by atoms with Crippen molar-refractivity contribution in [2.24, 2.45) is 0 Å². The number of rotatable bonds is 5. The molecule has 1 saturated heterocycles. The standard InChI is InChI=1S/C21H24N4O3S/c1-3-28-15-8-9-17-19(14-15)29-21(23-17)25-12-10-24(11-13-25)20(26)22-16-6-4-5-7-18(16)27-2/h4-9,14H,3,10-13H2,1-2H3,(H,22,26). The zero-order valence-corrected chi connectivity index (χ0v) is 17.4. The van der Waals surface area contributed by atoms with Gasteiger partial charge in [0, 0.05) is 26.2 Å². The highest BCUT2D eigenvalue weighted by Crippen LogP contribution is 2.32. The van der Waals surface area contributed by atoms with Crippen molar-refractivity contribution in [3.63, 3.8) is 0 Å². The summed E-state index contributed by atoms with van der Waals surface area (Å²) in [5, 5.41) is 3.93. The number of para-hydroxylation sites is 2. The van der Waals surface area contributed by atoms with Gasteiger partial charge in [-0.3, -0.25) is 0 Å². The number of aromatic nitrogens is 1. The van der Waals surface area contributed by atoms with Gasteiger partial charge in [0.1, 0.15) is 11.5 Å². The average Bonchev–Trinajstić information content (AvgIpc) is 3.18. The van der Waals surface area contributed by atoms with E-state index in [2.05, 4.69) is 10.2 Å². The van der Waals surface area contributed by atoms with Crippen LogP contribution in [0.15, 0.2) is 42.5 Å². The predicted octanol–water partition coefficient (Wildman–Crippen LogP) is 4.06. The Bertz CT molecular complexity index is 999. The minimum atomic E-state index is -0.111. The number of hydrogen-bond acceptors (Lipinski definition) is 6. The summed E-state index contributed by atoms with van der Waals surface area (Å²) in [6, 6.07) is 13.3. The first-order chi connectivity index (χ1) is 14.2. The minimum absolute atomic E-state index is 0.111. The number of urea groups is 1. The summed E-state index contributed by atoms with van der Waals surface area (Å²) in [5.41, 5.74) is 1.66. The second kappa shape index (κ2) is 8.57. The number of hydrogen-bond donors (Lipinski definition) is 1. The summed E-state index contributed by atoms with van der Waals surface area (Å²) >= 11 is 1.66. The molecule has 0 aliphatic carbocycles. The van der Waals surface area contributed by atoms with Crippen LogP contribution in [0.5, 0.6) is 11.5 Å². The van der Waals surface area contributed by atoms with E-state index in [4.69, 9.17) is 14.5 Å². The third kappa shape index (κ3) is 4.22. The molecule has 1 aliphatic heterocycles. The molecule has 2 aromatic carbocycles. The van der Waals surface area contributed by atoms with E-state index >= 15 is 0 Å². The summed E-state index contributed by atoms with van der Waals surface area (Å²) in [6.07, 6.45) is 0. The first kappa shape index (κ1) is 19.3. The van der Waals surface area contributed by atoms with Crippen molar-refractivity contribution in [2.75, 3.05) is 50.1 Å². The maximum atomic E-state index is 12.6. The Kier molecular flexibility index (Phi) is 5.71. The van der Waals surface area contributed by atoms with Crippen molar-refractivity contribution in [3.8, 4) is 11.5 Å². The molecule has 2 amide bonds. The lowest BCUT2D eigenvalue weighted by atomic mass is 10.3. The fraction of sp³-hybridized carbons (Fsp3) is 0.333. The van der Waals surface area contributed by atoms with Gasteiger partial charge in [0.05, 0.1) is 29.6 Å². The number of benzene rings is 2. The summed E-state index contributed by atoms with van der Waals surface area (Å²) < 4.78 is 12.0. The molecule has 0 bridgehead atoms. The number of ether oxygens (including phenoxy) is 2. The highest BCUT2D eigenvalue weighted by Gasteiger charge is 2.23. The van der Waals surface area contributed by atoms with Gasteiger partial charge in [-0.2, -0.15) is 0 Å². The lowest BCUT2D eigenvalue weighted by molar-refractivity contribution is 0.208. The predicted molar refractivity (Wildman–Crippen MR) is 117 cm³/mol. The monoisotopic (exact) mass is 412 g/mol. The number of nitrogens with one attached hydrogen (secondary N) is 1. The van der Waals surface area contributed by atoms with Crippen molar-refractivity contribution in [1.29, 1.82) is 0 Å². The van der Waals surface area contributed by atoms with Gasteiger partial charge < -0.3 is 24.6 Å². The van der Waals surface area contributed by atoms with E-state index in [-0.39, 0.29) is 6.03 Å². The van der Waals surface area contributed by atoms with Gasteiger partial charge in [-0.1, -0.05) is 23.5 Å². The van der Waals surface area contributed by atoms with Crippen LogP contribution in [-0.4, -0.2) is 55.8 Å². The van der Waals surface area contributed by atoms with Gasteiger partial charge in [-0.05, 0) is 37.3 Å². The first-order valence-electron chi connectivity index (χ1n) is 9.65. The van der Waals surface area contributed by atoms with Crippen LogP contribution in [0.25, 0.3) is 10.2 Å². The molecule has 1 aliphatic rings. The molecule has 0 unspecified atom stereocenters. The van der Waals surface area contributed by atoms with Gasteiger partial charge in [0.25, 0.3) is 0 Å². The molecular weight excluding hydrogens is 388 g/mol. The van der Waals surface area contributed by atoms with Crippen molar-refractivity contribution >= 4 is 38.4 Å². The number of methoxy groups -OCH3 is 1. The van der Waals surface area contributed by atoms with Crippen LogP contribution in [-0.2, 0) is 0 Å². The van der Waals surface area contributed by atoms with Crippen molar-refractivity contribution in [1.82, 2.24) is 9.88 Å². The molecule has 8 heteroatoms. The molecule has 1 fully saturated rings. The van der Waals surface area contributed by atoms with Gasteiger partial charge >= 0.3 is 6.03 Å². The van der Waals surface area contributed by atoms with Crippen LogP contribution in [0.4, 0.5) is 15.6 Å². The smallest absolute Gasteiger partial charge is 0.322 e. The van der Waals surface area contributed by atoms with E-state index < -0.39 is 0 Å². The van der Waals surface area contributed by atoms with Gasteiger partial charge in [0.15, 0.2) is 5.13 Å². The number of nitrogens with zero attached hydrogens (tertiary/aromatic N) is 3. The van der Waals surface area contributed by atoms with E-state index in [1.165, 1.54) is 0 Å². The molecule has 0 saturated carbocycles. The number of fused-ring (bicyclic) bond motifs is 1. The van der Waals surface area contributed by atoms with Crippen LogP contribution < -0.4 is 19.7 Å². The summed E-state index contributed by atoms with van der Waals surface area (Å²) in [6.45, 7) is 5.40. The molecule has 3 aromatic rings. The van der Waals surface area contributed by atoms with Crippen molar-refractivity contribution in [3.05, 3.63) is 42.5 Å². The number of carbonyl (C=O) groups excluding carboxylic acids is 1. The highest BCUT2D eigenvalue weighted by atomic mass is 32.1. The second-order valence-corrected chi connectivity index (χ2v) is 7.67. The Hall–Kier alpha value is -3.00. The lowest BCUT2D eigenvalue weighted by Crippen LogP contribution is -2.50. The van der Waals surface area contributed by atoms with Gasteiger partial charge in [-0.25, -0.2) is 9.78 Å². The Morgan fingerprint density at radius 3 is 2.72 bits per heavy atom. The Labute approximate surface area is 173 Å². The van der Waals surface area contributed by atoms with Crippen LogP contribution in [0.2, 0.25) is 0 Å². The largest absolute Gasteiger partial charge is 0.495 e. The van der Waals surface area contributed by atoms with Crippen LogP contribution in [0.3, 0.4) is 0 Å². The number of thiazole rings is 1. The molecule has 152 valence electrons. The zero-order chi connectivity index (χ0) is 20.2. The molecule has 2 heterocycles. The van der Waals surface area contributed by atoms with E-state index in [0.717, 1.165) is 34.2 Å². The second-order valence-electron chi connectivity index (χ2n) is 6.66.